The fraction of sp³-hybridized carbons (Fsp3) is 0.769. The van der Waals surface area contributed by atoms with Gasteiger partial charge in [-0.15, -0.1) is 12.8 Å². The predicted molar refractivity (Wildman–Crippen MR) is 66.0 cm³/mol. The van der Waals surface area contributed by atoms with Crippen LogP contribution < -0.4 is 0 Å². The molecule has 16 heavy (non-hydrogen) atoms. The number of hydrogen-bond donors (Lipinski definition) is 0. The highest BCUT2D eigenvalue weighted by molar-refractivity contribution is 5.74. The molecule has 1 heterocycles. The molecule has 1 aliphatic heterocycles. The van der Waals surface area contributed by atoms with E-state index < -0.39 is 0 Å². The van der Waals surface area contributed by atoms with Crippen LogP contribution >= 0.6 is 0 Å². The Labute approximate surface area is 99.5 Å². The van der Waals surface area contributed by atoms with Gasteiger partial charge in [0.2, 0.25) is 0 Å². The van der Waals surface area contributed by atoms with Crippen molar-refractivity contribution in [2.24, 2.45) is 5.92 Å². The van der Waals surface area contributed by atoms with Gasteiger partial charge in [0.15, 0.2) is 6.10 Å². The number of rotatable bonds is 1. The number of carbonyl (C=O) groups is 1. The van der Waals surface area contributed by atoms with Crippen molar-refractivity contribution in [1.29, 1.82) is 0 Å². The van der Waals surface area contributed by atoms with Crippen LogP contribution in [0.1, 0.15) is 40.5 Å². The van der Waals surface area contributed by atoms with Gasteiger partial charge in [-0.05, 0) is 25.7 Å². The second-order valence-corrected chi connectivity index (χ2v) is 3.54. The maximum Gasteiger partial charge on any atom is 0.334 e. The maximum absolute atomic E-state index is 11.1. The molecule has 1 rings (SSSR count). The summed E-state index contributed by atoms with van der Waals surface area (Å²) in [7, 11) is 1.40. The molecule has 0 unspecified atom stereocenters. The molecule has 0 amide bonds. The quantitative estimate of drug-likeness (QED) is 0.511. The van der Waals surface area contributed by atoms with E-state index in [1.807, 2.05) is 20.8 Å². The first-order valence-corrected chi connectivity index (χ1v) is 5.70. The minimum Gasteiger partial charge on any atom is -0.467 e. The summed E-state index contributed by atoms with van der Waals surface area (Å²) in [6.07, 6.45) is 9.66. The number of carbonyl (C=O) groups excluding carboxylic acids is 1. The van der Waals surface area contributed by atoms with E-state index in [-0.39, 0.29) is 18.2 Å². The summed E-state index contributed by atoms with van der Waals surface area (Å²) in [6.45, 7) is 8.13. The van der Waals surface area contributed by atoms with E-state index in [1.54, 1.807) is 0 Å². The molecule has 94 valence electrons. The Bertz CT molecular complexity index is 189. The molecule has 0 aliphatic carbocycles. The Morgan fingerprint density at radius 1 is 1.25 bits per heavy atom. The van der Waals surface area contributed by atoms with Gasteiger partial charge in [-0.3, -0.25) is 0 Å². The maximum atomic E-state index is 11.1. The molecule has 3 atom stereocenters. The first-order valence-electron chi connectivity index (χ1n) is 5.70. The van der Waals surface area contributed by atoms with Crippen molar-refractivity contribution in [3.05, 3.63) is 0 Å². The van der Waals surface area contributed by atoms with Crippen LogP contribution in [0.2, 0.25) is 0 Å². The van der Waals surface area contributed by atoms with Crippen LogP contribution in [-0.2, 0) is 14.3 Å². The van der Waals surface area contributed by atoms with Gasteiger partial charge in [-0.2, -0.15) is 0 Å². The van der Waals surface area contributed by atoms with E-state index in [1.165, 1.54) is 7.11 Å². The summed E-state index contributed by atoms with van der Waals surface area (Å²) in [5.41, 5.74) is 0. The number of esters is 1. The molecule has 0 aromatic heterocycles. The molecule has 0 saturated carbocycles. The third-order valence-electron chi connectivity index (χ3n) is 2.21. The zero-order chi connectivity index (χ0) is 13.1. The van der Waals surface area contributed by atoms with Gasteiger partial charge in [-0.1, -0.05) is 20.8 Å². The zero-order valence-electron chi connectivity index (χ0n) is 11.0. The fourth-order valence-corrected chi connectivity index (χ4v) is 1.70. The van der Waals surface area contributed by atoms with E-state index in [0.717, 1.165) is 12.8 Å². The number of hydrogen-bond acceptors (Lipinski definition) is 3. The van der Waals surface area contributed by atoms with Crippen LogP contribution in [0.15, 0.2) is 0 Å². The van der Waals surface area contributed by atoms with E-state index >= 15 is 0 Å². The molecule has 0 aromatic carbocycles. The van der Waals surface area contributed by atoms with Crippen LogP contribution in [0.5, 0.6) is 0 Å². The molecular formula is C13H24O3. The van der Waals surface area contributed by atoms with E-state index in [2.05, 4.69) is 24.5 Å². The Balaban J connectivity index is 0. The van der Waals surface area contributed by atoms with Crippen molar-refractivity contribution in [3.63, 3.8) is 0 Å². The molecule has 0 N–H and O–H groups in total. The molecule has 1 aliphatic rings. The van der Waals surface area contributed by atoms with E-state index in [0.29, 0.717) is 5.92 Å². The summed E-state index contributed by atoms with van der Waals surface area (Å²) in [6, 6.07) is 0. The SMILES string of the molecule is C#C.CC.COC(=O)[C@@H]1C[C@H](C)C[C@H](C)O1. The topological polar surface area (TPSA) is 35.5 Å². The molecule has 0 bridgehead atoms. The summed E-state index contributed by atoms with van der Waals surface area (Å²) in [5, 5.41) is 0. The van der Waals surface area contributed by atoms with Crippen LogP contribution in [-0.4, -0.2) is 25.3 Å². The lowest BCUT2D eigenvalue weighted by Crippen LogP contribution is -2.36. The van der Waals surface area contributed by atoms with Gasteiger partial charge < -0.3 is 9.47 Å². The molecule has 3 heteroatoms. The number of terminal acetylenes is 1. The average molecular weight is 228 g/mol. The first kappa shape index (κ1) is 17.4. The molecular weight excluding hydrogens is 204 g/mol. The van der Waals surface area contributed by atoms with Gasteiger partial charge in [0, 0.05) is 0 Å². The molecule has 0 aromatic rings. The molecule has 0 spiro atoms. The van der Waals surface area contributed by atoms with Crippen molar-refractivity contribution in [1.82, 2.24) is 0 Å². The summed E-state index contributed by atoms with van der Waals surface area (Å²) in [4.78, 5) is 11.1. The summed E-state index contributed by atoms with van der Waals surface area (Å²) in [5.74, 6) is 0.311. The Kier molecular flexibility index (Phi) is 11.4. The molecule has 0 radical (unpaired) electrons. The van der Waals surface area contributed by atoms with Gasteiger partial charge >= 0.3 is 5.97 Å². The summed E-state index contributed by atoms with van der Waals surface area (Å²) >= 11 is 0. The lowest BCUT2D eigenvalue weighted by molar-refractivity contribution is -0.164. The van der Waals surface area contributed by atoms with Crippen LogP contribution in [0.4, 0.5) is 0 Å². The largest absolute Gasteiger partial charge is 0.467 e. The van der Waals surface area contributed by atoms with Crippen molar-refractivity contribution in [3.8, 4) is 12.8 Å². The molecule has 1 fully saturated rings. The summed E-state index contributed by atoms with van der Waals surface area (Å²) < 4.78 is 10.1. The van der Waals surface area contributed by atoms with Crippen LogP contribution in [0.25, 0.3) is 0 Å². The Morgan fingerprint density at radius 3 is 2.12 bits per heavy atom. The monoisotopic (exact) mass is 228 g/mol. The first-order chi connectivity index (χ1) is 7.63. The standard InChI is InChI=1S/C9H16O3.C2H6.C2H2/c1-6-4-7(2)12-8(5-6)9(10)11-3;2*1-2/h6-8H,4-5H2,1-3H3;1-2H3;1-2H/t6-,7+,8+;;/m1../s1. The van der Waals surface area contributed by atoms with Crippen LogP contribution in [0, 0.1) is 18.8 Å². The number of methoxy groups -OCH3 is 1. The number of ether oxygens (including phenoxy) is 2. The Hall–Kier alpha value is -1.01. The zero-order valence-corrected chi connectivity index (χ0v) is 11.0. The molecule has 1 saturated heterocycles. The van der Waals surface area contributed by atoms with E-state index in [9.17, 15) is 4.79 Å². The van der Waals surface area contributed by atoms with Gasteiger partial charge in [0.25, 0.3) is 0 Å². The fourth-order valence-electron chi connectivity index (χ4n) is 1.70. The van der Waals surface area contributed by atoms with Crippen LogP contribution in [0.3, 0.4) is 0 Å². The lowest BCUT2D eigenvalue weighted by Gasteiger charge is -2.30. The van der Waals surface area contributed by atoms with E-state index in [4.69, 9.17) is 4.74 Å². The second kappa shape index (κ2) is 10.5. The lowest BCUT2D eigenvalue weighted by atomic mass is 9.94. The highest BCUT2D eigenvalue weighted by Gasteiger charge is 2.30. The highest BCUT2D eigenvalue weighted by Crippen LogP contribution is 2.24. The van der Waals surface area contributed by atoms with Gasteiger partial charge in [0.1, 0.15) is 0 Å². The van der Waals surface area contributed by atoms with Crippen molar-refractivity contribution in [2.75, 3.05) is 7.11 Å². The Morgan fingerprint density at radius 2 is 1.75 bits per heavy atom. The second-order valence-electron chi connectivity index (χ2n) is 3.54. The average Bonchev–Trinajstić information content (AvgIpc) is 2.32. The third-order valence-corrected chi connectivity index (χ3v) is 2.21. The normalized spacial score (nSPS) is 27.6. The predicted octanol–water partition coefficient (Wildman–Crippen LogP) is 2.64. The minimum absolute atomic E-state index is 0.179. The third kappa shape index (κ3) is 6.47. The van der Waals surface area contributed by atoms with Crippen molar-refractivity contribution >= 4 is 5.97 Å². The smallest absolute Gasteiger partial charge is 0.334 e. The van der Waals surface area contributed by atoms with Gasteiger partial charge in [-0.25, -0.2) is 4.79 Å². The van der Waals surface area contributed by atoms with Crippen molar-refractivity contribution in [2.45, 2.75) is 52.7 Å². The molecule has 3 nitrogen and oxygen atoms in total. The highest BCUT2D eigenvalue weighted by atomic mass is 16.6. The van der Waals surface area contributed by atoms with Crippen molar-refractivity contribution < 1.29 is 14.3 Å². The minimum atomic E-state index is -0.339. The van der Waals surface area contributed by atoms with Gasteiger partial charge in [0.05, 0.1) is 13.2 Å².